The van der Waals surface area contributed by atoms with Crippen LogP contribution in [0.1, 0.15) is 26.3 Å². The molecule has 1 atom stereocenters. The van der Waals surface area contributed by atoms with Gasteiger partial charge in [0.1, 0.15) is 5.75 Å². The molecule has 0 fully saturated rings. The van der Waals surface area contributed by atoms with Gasteiger partial charge >= 0.3 is 0 Å². The maximum absolute atomic E-state index is 9.23. The lowest BCUT2D eigenvalue weighted by atomic mass is 10.1. The van der Waals surface area contributed by atoms with Gasteiger partial charge in [0.15, 0.2) is 0 Å². The summed E-state index contributed by atoms with van der Waals surface area (Å²) in [5.41, 5.74) is 2.11. The minimum atomic E-state index is 0.198. The van der Waals surface area contributed by atoms with E-state index in [2.05, 4.69) is 27.1 Å². The van der Waals surface area contributed by atoms with Crippen molar-refractivity contribution in [1.29, 1.82) is 5.41 Å². The Kier molecular flexibility index (Phi) is 7.70. The summed E-state index contributed by atoms with van der Waals surface area (Å²) in [6, 6.07) is 5.00. The minimum absolute atomic E-state index is 0.198. The van der Waals surface area contributed by atoms with Gasteiger partial charge in [-0.2, -0.15) is 0 Å². The van der Waals surface area contributed by atoms with Gasteiger partial charge in [-0.1, -0.05) is 13.8 Å². The Balaban J connectivity index is 0.000000921. The van der Waals surface area contributed by atoms with Crippen LogP contribution in [0.3, 0.4) is 0 Å². The van der Waals surface area contributed by atoms with Crippen LogP contribution in [0, 0.1) is 5.41 Å². The number of hydrogen-bond donors (Lipinski definition) is 3. The van der Waals surface area contributed by atoms with Crippen LogP contribution in [0.4, 0.5) is 5.69 Å². The molecule has 0 heterocycles. The molecule has 3 N–H and O–H groups in total. The largest absolute Gasteiger partial charge is 0.508 e. The molecule has 0 aliphatic rings. The van der Waals surface area contributed by atoms with Crippen LogP contribution in [-0.4, -0.2) is 10.8 Å². The highest BCUT2D eigenvalue weighted by atomic mass is 127. The molecular weight excluding hydrogens is 322 g/mol. The maximum atomic E-state index is 9.23. The number of aromatic hydroxyl groups is 1. The summed E-state index contributed by atoms with van der Waals surface area (Å²) in [6.45, 7) is 5.70. The topological polar surface area (TPSA) is 56.1 Å². The minimum Gasteiger partial charge on any atom is -0.508 e. The second kappa shape index (κ2) is 7.88. The molecule has 3 nitrogen and oxygen atoms in total. The molecule has 1 unspecified atom stereocenters. The molecule has 84 valence electrons. The van der Waals surface area contributed by atoms with E-state index in [1.165, 1.54) is 0 Å². The Morgan fingerprint density at radius 2 is 2.07 bits per heavy atom. The Morgan fingerprint density at radius 1 is 1.47 bits per heavy atom. The van der Waals surface area contributed by atoms with E-state index in [-0.39, 0.29) is 5.75 Å². The van der Waals surface area contributed by atoms with Crippen LogP contribution >= 0.6 is 28.4 Å². The van der Waals surface area contributed by atoms with E-state index in [9.17, 15) is 5.11 Å². The molecule has 0 aromatic heterocycles. The lowest BCUT2D eigenvalue weighted by molar-refractivity contribution is 0.475. The summed E-state index contributed by atoms with van der Waals surface area (Å²) >= 11 is 2.22. The Hall–Kier alpha value is -0.350. The molecular formula is C10H16IN2OP. The zero-order valence-electron chi connectivity index (χ0n) is 9.06. The van der Waals surface area contributed by atoms with E-state index in [1.807, 2.05) is 13.8 Å². The molecule has 0 bridgehead atoms. The summed E-state index contributed by atoms with van der Waals surface area (Å²) in [6.07, 6.45) is 0.563. The van der Waals surface area contributed by atoms with Crippen LogP contribution < -0.4 is 5.09 Å². The zero-order valence-corrected chi connectivity index (χ0v) is 12.2. The molecule has 0 saturated carbocycles. The normalized spacial score (nSPS) is 9.60. The molecule has 0 aliphatic carbocycles. The van der Waals surface area contributed by atoms with Gasteiger partial charge in [-0.15, -0.1) is 0 Å². The van der Waals surface area contributed by atoms with Gasteiger partial charge < -0.3 is 15.6 Å². The molecule has 0 saturated heterocycles. The highest BCUT2D eigenvalue weighted by Gasteiger charge is 2.04. The highest BCUT2D eigenvalue weighted by molar-refractivity contribution is 14.2. The molecule has 1 rings (SSSR count). The third kappa shape index (κ3) is 4.80. The van der Waals surface area contributed by atoms with E-state index in [4.69, 9.17) is 5.41 Å². The number of nitrogens with one attached hydrogen (secondary N) is 2. The van der Waals surface area contributed by atoms with E-state index in [1.54, 1.807) is 25.1 Å². The van der Waals surface area contributed by atoms with Gasteiger partial charge in [-0.25, -0.2) is 0 Å². The first-order valence-corrected chi connectivity index (χ1v) is 8.76. The number of halogens is 1. The lowest BCUT2D eigenvalue weighted by Gasteiger charge is -2.08. The van der Waals surface area contributed by atoms with Crippen molar-refractivity contribution >= 4 is 39.8 Å². The number of rotatable bonds is 3. The number of hydrogen-bond acceptors (Lipinski definition) is 3. The molecule has 0 radical (unpaired) electrons. The van der Waals surface area contributed by atoms with E-state index in [0.29, 0.717) is 12.1 Å². The second-order valence-corrected chi connectivity index (χ2v) is 4.63. The van der Waals surface area contributed by atoms with Crippen molar-refractivity contribution in [3.8, 4) is 5.75 Å². The SMILES string of the molecule is CC.CC(=N)c1cc(O)ccc1NPI. The summed E-state index contributed by atoms with van der Waals surface area (Å²) in [5.74, 6) is 0.198. The van der Waals surface area contributed by atoms with Crippen molar-refractivity contribution in [3.63, 3.8) is 0 Å². The van der Waals surface area contributed by atoms with Gasteiger partial charge in [0.2, 0.25) is 0 Å². The van der Waals surface area contributed by atoms with Gasteiger partial charge in [-0.05, 0) is 47.2 Å². The molecule has 5 heteroatoms. The molecule has 0 spiro atoms. The van der Waals surface area contributed by atoms with Crippen molar-refractivity contribution in [2.45, 2.75) is 20.8 Å². The third-order valence-electron chi connectivity index (χ3n) is 1.59. The Bertz CT molecular complexity index is 331. The first-order chi connectivity index (χ1) is 7.15. The number of phenolic OH excluding ortho intramolecular Hbond substituents is 1. The molecule has 0 amide bonds. The number of phenols is 1. The number of anilines is 1. The van der Waals surface area contributed by atoms with Crippen LogP contribution in [0.25, 0.3) is 0 Å². The molecule has 1 aromatic carbocycles. The fourth-order valence-electron chi connectivity index (χ4n) is 1.00. The second-order valence-electron chi connectivity index (χ2n) is 2.57. The van der Waals surface area contributed by atoms with Crippen LogP contribution in [0.5, 0.6) is 5.75 Å². The first-order valence-electron chi connectivity index (χ1n) is 4.65. The highest BCUT2D eigenvalue weighted by Crippen LogP contribution is 2.29. The van der Waals surface area contributed by atoms with Gasteiger partial charge in [0, 0.05) is 23.3 Å². The van der Waals surface area contributed by atoms with Crippen molar-refractivity contribution in [2.75, 3.05) is 5.09 Å². The maximum Gasteiger partial charge on any atom is 0.116 e. The van der Waals surface area contributed by atoms with E-state index < -0.39 is 0 Å². The van der Waals surface area contributed by atoms with E-state index in [0.717, 1.165) is 11.3 Å². The van der Waals surface area contributed by atoms with Crippen molar-refractivity contribution in [2.24, 2.45) is 0 Å². The third-order valence-corrected chi connectivity index (χ3v) is 2.76. The smallest absolute Gasteiger partial charge is 0.116 e. The molecule has 0 aliphatic heterocycles. The predicted molar refractivity (Wildman–Crippen MR) is 77.9 cm³/mol. The fourth-order valence-corrected chi connectivity index (χ4v) is 2.19. The van der Waals surface area contributed by atoms with Crippen molar-refractivity contribution in [1.82, 2.24) is 0 Å². The quantitative estimate of drug-likeness (QED) is 0.335. The van der Waals surface area contributed by atoms with Gasteiger partial charge in [0.25, 0.3) is 0 Å². The van der Waals surface area contributed by atoms with Crippen molar-refractivity contribution in [3.05, 3.63) is 23.8 Å². The average molecular weight is 338 g/mol. The van der Waals surface area contributed by atoms with Gasteiger partial charge in [0.05, 0.1) is 0 Å². The lowest BCUT2D eigenvalue weighted by Crippen LogP contribution is -1.96. The van der Waals surface area contributed by atoms with E-state index >= 15 is 0 Å². The number of benzene rings is 1. The van der Waals surface area contributed by atoms with Crippen LogP contribution in [0.15, 0.2) is 18.2 Å². The standard InChI is InChI=1S/C8H10IN2OP.C2H6/c1-5(10)7-4-6(12)2-3-8(7)11-13-9;1-2/h2-4,10-13H,1H3;1-2H3. The van der Waals surface area contributed by atoms with Crippen LogP contribution in [-0.2, 0) is 0 Å². The summed E-state index contributed by atoms with van der Waals surface area (Å²) in [7, 11) is 0. The summed E-state index contributed by atoms with van der Waals surface area (Å²) in [4.78, 5) is 0. The summed E-state index contributed by atoms with van der Waals surface area (Å²) < 4.78 is 0. The molecule has 1 aromatic rings. The average Bonchev–Trinajstić information content (AvgIpc) is 2.24. The predicted octanol–water partition coefficient (Wildman–Crippen LogP) is 4.16. The Morgan fingerprint density at radius 3 is 2.53 bits per heavy atom. The van der Waals surface area contributed by atoms with Crippen LogP contribution in [0.2, 0.25) is 0 Å². The summed E-state index contributed by atoms with van der Waals surface area (Å²) in [5, 5.41) is 19.9. The fraction of sp³-hybridized carbons (Fsp3) is 0.300. The van der Waals surface area contributed by atoms with Crippen molar-refractivity contribution < 1.29 is 5.11 Å². The zero-order chi connectivity index (χ0) is 11.8. The monoisotopic (exact) mass is 338 g/mol. The first kappa shape index (κ1) is 14.6. The Labute approximate surface area is 106 Å². The molecule has 15 heavy (non-hydrogen) atoms. The van der Waals surface area contributed by atoms with Gasteiger partial charge in [-0.3, -0.25) is 0 Å².